The fraction of sp³-hybridized carbons (Fsp3) is 0.455. The van der Waals surface area contributed by atoms with Crippen LogP contribution in [0.25, 0.3) is 0 Å². The van der Waals surface area contributed by atoms with Crippen LogP contribution in [0.4, 0.5) is 0 Å². The van der Waals surface area contributed by atoms with Gasteiger partial charge in [0.05, 0.1) is 5.56 Å². The minimum absolute atomic E-state index is 0.300. The lowest BCUT2D eigenvalue weighted by atomic mass is 9.96. The molecule has 0 aliphatic heterocycles. The van der Waals surface area contributed by atoms with E-state index in [1.54, 1.807) is 11.3 Å². The molecule has 2 amide bonds. The zero-order valence-corrected chi connectivity index (χ0v) is 10.1. The van der Waals surface area contributed by atoms with Crippen LogP contribution in [-0.4, -0.2) is 18.4 Å². The van der Waals surface area contributed by atoms with Gasteiger partial charge in [-0.15, -0.1) is 11.3 Å². The van der Waals surface area contributed by atoms with E-state index >= 15 is 0 Å². The van der Waals surface area contributed by atoms with Crippen molar-refractivity contribution >= 4 is 23.2 Å². The van der Waals surface area contributed by atoms with Crippen LogP contribution in [0.1, 0.15) is 33.6 Å². The van der Waals surface area contributed by atoms with E-state index in [-0.39, 0.29) is 12.5 Å². The molecule has 1 heterocycles. The van der Waals surface area contributed by atoms with Crippen LogP contribution in [-0.2, 0) is 22.5 Å². The van der Waals surface area contributed by atoms with Crippen molar-refractivity contribution in [3.8, 4) is 0 Å². The van der Waals surface area contributed by atoms with Crippen molar-refractivity contribution in [3.05, 3.63) is 21.4 Å². The molecule has 3 N–H and O–H groups in total. The van der Waals surface area contributed by atoms with Crippen molar-refractivity contribution in [2.45, 2.75) is 25.7 Å². The average molecular weight is 254 g/mol. The molecule has 0 fully saturated rings. The smallest absolute Gasteiger partial charge is 0.275 e. The largest absolute Gasteiger partial charge is 0.368 e. The van der Waals surface area contributed by atoms with E-state index in [1.807, 2.05) is 5.38 Å². The Kier molecular flexibility index (Phi) is 3.75. The first kappa shape index (κ1) is 12.1. The Morgan fingerprint density at radius 1 is 1.41 bits per heavy atom. The molecule has 0 unspecified atom stereocenters. The van der Waals surface area contributed by atoms with Gasteiger partial charge in [-0.05, 0) is 31.2 Å². The van der Waals surface area contributed by atoms with Gasteiger partial charge in [0.1, 0.15) is 0 Å². The van der Waals surface area contributed by atoms with Gasteiger partial charge in [0.25, 0.3) is 5.91 Å². The molecule has 0 saturated heterocycles. The molecule has 6 heteroatoms. The van der Waals surface area contributed by atoms with Crippen LogP contribution < -0.4 is 11.2 Å². The van der Waals surface area contributed by atoms with Gasteiger partial charge in [0.15, 0.2) is 6.61 Å². The molecule has 0 aromatic carbocycles. The Morgan fingerprint density at radius 2 is 2.18 bits per heavy atom. The third-order valence-corrected chi connectivity index (χ3v) is 3.77. The Hall–Kier alpha value is -1.40. The number of nitrogens with two attached hydrogens (primary N) is 1. The van der Waals surface area contributed by atoms with Crippen LogP contribution in [0.5, 0.6) is 0 Å². The highest BCUT2D eigenvalue weighted by Gasteiger charge is 2.20. The van der Waals surface area contributed by atoms with Gasteiger partial charge in [0, 0.05) is 10.3 Å². The predicted molar refractivity (Wildman–Crippen MR) is 63.6 cm³/mol. The summed E-state index contributed by atoms with van der Waals surface area (Å²) in [5.41, 5.74) is 8.92. The lowest BCUT2D eigenvalue weighted by Crippen LogP contribution is -2.29. The van der Waals surface area contributed by atoms with Gasteiger partial charge in [-0.25, -0.2) is 5.48 Å². The highest BCUT2D eigenvalue weighted by Crippen LogP contribution is 2.29. The molecular formula is C11H14N2O3S. The molecule has 0 spiro atoms. The van der Waals surface area contributed by atoms with E-state index in [0.29, 0.717) is 5.56 Å². The lowest BCUT2D eigenvalue weighted by molar-refractivity contribution is -0.124. The van der Waals surface area contributed by atoms with Crippen LogP contribution in [0.15, 0.2) is 5.38 Å². The van der Waals surface area contributed by atoms with Gasteiger partial charge in [-0.2, -0.15) is 0 Å². The number of hydroxylamine groups is 1. The second-order valence-electron chi connectivity index (χ2n) is 3.94. The lowest BCUT2D eigenvalue weighted by Gasteiger charge is -2.12. The van der Waals surface area contributed by atoms with Gasteiger partial charge >= 0.3 is 0 Å². The number of hydrogen-bond donors (Lipinski definition) is 2. The fourth-order valence-corrected chi connectivity index (χ4v) is 3.04. The topological polar surface area (TPSA) is 81.4 Å². The van der Waals surface area contributed by atoms with Crippen molar-refractivity contribution < 1.29 is 14.4 Å². The fourth-order valence-electron chi connectivity index (χ4n) is 1.91. The van der Waals surface area contributed by atoms with Crippen LogP contribution in [0, 0.1) is 0 Å². The Balaban J connectivity index is 1.99. The van der Waals surface area contributed by atoms with Crippen LogP contribution >= 0.6 is 11.3 Å². The molecule has 1 aromatic rings. The van der Waals surface area contributed by atoms with E-state index < -0.39 is 5.91 Å². The van der Waals surface area contributed by atoms with E-state index in [0.717, 1.165) is 24.8 Å². The SMILES string of the molecule is NC(=O)CONC(=O)c1csc2c1CCCC2. The first-order valence-corrected chi connectivity index (χ1v) is 6.36. The monoisotopic (exact) mass is 254 g/mol. The minimum Gasteiger partial charge on any atom is -0.368 e. The summed E-state index contributed by atoms with van der Waals surface area (Å²) in [6, 6.07) is 0. The highest BCUT2D eigenvalue weighted by molar-refractivity contribution is 7.10. The highest BCUT2D eigenvalue weighted by atomic mass is 32.1. The summed E-state index contributed by atoms with van der Waals surface area (Å²) in [5.74, 6) is -0.914. The minimum atomic E-state index is -0.613. The molecule has 0 bridgehead atoms. The maximum absolute atomic E-state index is 11.8. The number of primary amides is 1. The molecular weight excluding hydrogens is 240 g/mol. The van der Waals surface area contributed by atoms with Crippen LogP contribution in [0.2, 0.25) is 0 Å². The van der Waals surface area contributed by atoms with Crippen molar-refractivity contribution in [2.24, 2.45) is 5.73 Å². The number of hydrogen-bond acceptors (Lipinski definition) is 4. The number of nitrogens with one attached hydrogen (secondary N) is 1. The van der Waals surface area contributed by atoms with Gasteiger partial charge < -0.3 is 5.73 Å². The molecule has 0 atom stereocenters. The van der Waals surface area contributed by atoms with Gasteiger partial charge in [0.2, 0.25) is 5.91 Å². The van der Waals surface area contributed by atoms with E-state index in [2.05, 4.69) is 5.48 Å². The van der Waals surface area contributed by atoms with Crippen molar-refractivity contribution in [1.29, 1.82) is 0 Å². The van der Waals surface area contributed by atoms with Gasteiger partial charge in [-0.3, -0.25) is 14.4 Å². The molecule has 1 aliphatic carbocycles. The van der Waals surface area contributed by atoms with Crippen LogP contribution in [0.3, 0.4) is 0 Å². The van der Waals surface area contributed by atoms with E-state index in [4.69, 9.17) is 10.6 Å². The Bertz CT molecular complexity index is 442. The van der Waals surface area contributed by atoms with E-state index in [1.165, 1.54) is 11.3 Å². The number of thiophene rings is 1. The second kappa shape index (κ2) is 5.29. The molecule has 1 aromatic heterocycles. The third-order valence-electron chi connectivity index (χ3n) is 2.69. The number of fused-ring (bicyclic) bond motifs is 1. The third kappa shape index (κ3) is 2.83. The first-order chi connectivity index (χ1) is 8.18. The molecule has 17 heavy (non-hydrogen) atoms. The molecule has 2 rings (SSSR count). The summed E-state index contributed by atoms with van der Waals surface area (Å²) in [7, 11) is 0. The van der Waals surface area contributed by atoms with Crippen molar-refractivity contribution in [3.63, 3.8) is 0 Å². The number of carbonyl (C=O) groups excluding carboxylic acids is 2. The van der Waals surface area contributed by atoms with Gasteiger partial charge in [-0.1, -0.05) is 0 Å². The number of aryl methyl sites for hydroxylation is 1. The maximum Gasteiger partial charge on any atom is 0.275 e. The molecule has 1 aliphatic rings. The molecule has 0 saturated carbocycles. The van der Waals surface area contributed by atoms with E-state index in [9.17, 15) is 9.59 Å². The maximum atomic E-state index is 11.8. The predicted octanol–water partition coefficient (Wildman–Crippen LogP) is 0.774. The molecule has 0 radical (unpaired) electrons. The zero-order valence-electron chi connectivity index (χ0n) is 9.32. The normalized spacial score (nSPS) is 14.1. The average Bonchev–Trinajstić information content (AvgIpc) is 2.72. The number of carbonyl (C=O) groups is 2. The number of rotatable bonds is 4. The summed E-state index contributed by atoms with van der Waals surface area (Å²) in [6.07, 6.45) is 4.30. The Labute approximate surface area is 103 Å². The standard InChI is InChI=1S/C11H14N2O3S/c12-10(14)5-16-13-11(15)8-6-17-9-4-2-1-3-7(8)9/h6H,1-5H2,(H2,12,14)(H,13,15). The molecule has 92 valence electrons. The van der Waals surface area contributed by atoms with Crippen molar-refractivity contribution in [1.82, 2.24) is 5.48 Å². The molecule has 5 nitrogen and oxygen atoms in total. The quantitative estimate of drug-likeness (QED) is 0.779. The van der Waals surface area contributed by atoms with Crippen molar-refractivity contribution in [2.75, 3.05) is 6.61 Å². The summed E-state index contributed by atoms with van der Waals surface area (Å²) < 4.78 is 0. The zero-order chi connectivity index (χ0) is 12.3. The summed E-state index contributed by atoms with van der Waals surface area (Å²) >= 11 is 1.61. The summed E-state index contributed by atoms with van der Waals surface area (Å²) in [4.78, 5) is 28.2. The first-order valence-electron chi connectivity index (χ1n) is 5.48. The second-order valence-corrected chi connectivity index (χ2v) is 4.91. The summed E-state index contributed by atoms with van der Waals surface area (Å²) in [5, 5.41) is 1.85. The Morgan fingerprint density at radius 3 is 2.94 bits per heavy atom. The summed E-state index contributed by atoms with van der Waals surface area (Å²) in [6.45, 7) is -0.307. The number of amides is 2.